The number of hydrogen-bond acceptors (Lipinski definition) is 3. The molecular formula is C13H12ClN3O2. The van der Waals surface area contributed by atoms with Crippen LogP contribution in [0.5, 0.6) is 0 Å². The fraction of sp³-hybridized carbons (Fsp3) is 0.308. The quantitative estimate of drug-likeness (QED) is 0.937. The summed E-state index contributed by atoms with van der Waals surface area (Å²) in [7, 11) is 0. The summed E-state index contributed by atoms with van der Waals surface area (Å²) in [5, 5.41) is 13.6. The highest BCUT2D eigenvalue weighted by molar-refractivity contribution is 6.32. The molecule has 98 valence electrons. The largest absolute Gasteiger partial charge is 0.475 e. The Morgan fingerprint density at radius 3 is 2.68 bits per heavy atom. The molecule has 0 radical (unpaired) electrons. The second kappa shape index (κ2) is 4.66. The smallest absolute Gasteiger partial charge is 0.375 e. The summed E-state index contributed by atoms with van der Waals surface area (Å²) in [5.41, 5.74) is 0.672. The summed E-state index contributed by atoms with van der Waals surface area (Å²) in [5.74, 6) is -0.332. The normalized spacial score (nSPS) is 15.2. The second-order valence-corrected chi connectivity index (χ2v) is 5.00. The second-order valence-electron chi connectivity index (χ2n) is 4.59. The van der Waals surface area contributed by atoms with Crippen molar-refractivity contribution in [3.8, 4) is 5.69 Å². The lowest BCUT2D eigenvalue weighted by atomic mass is 9.85. The van der Waals surface area contributed by atoms with Crippen LogP contribution in [0.1, 0.15) is 41.6 Å². The Balaban J connectivity index is 2.13. The summed E-state index contributed by atoms with van der Waals surface area (Å²) in [6.07, 6.45) is 3.17. The SMILES string of the molecule is O=C(O)c1nc(C2CCC2)n(-c2ccccc2Cl)n1. The third-order valence-electron chi connectivity index (χ3n) is 3.37. The summed E-state index contributed by atoms with van der Waals surface area (Å²) in [4.78, 5) is 15.2. The Labute approximate surface area is 114 Å². The average Bonchev–Trinajstić information content (AvgIpc) is 2.72. The number of rotatable bonds is 3. The van der Waals surface area contributed by atoms with Gasteiger partial charge in [0.2, 0.25) is 0 Å². The summed E-state index contributed by atoms with van der Waals surface area (Å²) < 4.78 is 1.57. The lowest BCUT2D eigenvalue weighted by Gasteiger charge is -2.24. The van der Waals surface area contributed by atoms with Gasteiger partial charge in [-0.1, -0.05) is 30.2 Å². The molecule has 0 bridgehead atoms. The van der Waals surface area contributed by atoms with E-state index in [0.717, 1.165) is 19.3 Å². The topological polar surface area (TPSA) is 68.0 Å². The van der Waals surface area contributed by atoms with E-state index in [-0.39, 0.29) is 11.7 Å². The van der Waals surface area contributed by atoms with E-state index in [1.165, 1.54) is 0 Å². The molecule has 0 unspecified atom stereocenters. The number of hydrogen-bond donors (Lipinski definition) is 1. The van der Waals surface area contributed by atoms with Crippen LogP contribution in [0.4, 0.5) is 0 Å². The van der Waals surface area contributed by atoms with Gasteiger partial charge >= 0.3 is 5.97 Å². The van der Waals surface area contributed by atoms with Crippen molar-refractivity contribution in [3.05, 3.63) is 40.9 Å². The van der Waals surface area contributed by atoms with Gasteiger partial charge in [-0.3, -0.25) is 0 Å². The molecule has 2 aromatic rings. The molecule has 1 aromatic heterocycles. The molecule has 1 heterocycles. The van der Waals surface area contributed by atoms with Crippen molar-refractivity contribution in [3.63, 3.8) is 0 Å². The Morgan fingerprint density at radius 1 is 1.37 bits per heavy atom. The van der Waals surface area contributed by atoms with E-state index < -0.39 is 5.97 Å². The molecule has 0 saturated heterocycles. The lowest BCUT2D eigenvalue weighted by Crippen LogP contribution is -2.15. The fourth-order valence-electron chi connectivity index (χ4n) is 2.15. The van der Waals surface area contributed by atoms with Crippen LogP contribution in [0, 0.1) is 0 Å². The molecule has 0 amide bonds. The number of halogens is 1. The molecule has 19 heavy (non-hydrogen) atoms. The van der Waals surface area contributed by atoms with Crippen molar-refractivity contribution in [1.82, 2.24) is 14.8 Å². The fourth-order valence-corrected chi connectivity index (χ4v) is 2.36. The molecular weight excluding hydrogens is 266 g/mol. The van der Waals surface area contributed by atoms with Gasteiger partial charge in [-0.15, -0.1) is 5.10 Å². The number of nitrogens with zero attached hydrogens (tertiary/aromatic N) is 3. The third-order valence-corrected chi connectivity index (χ3v) is 3.69. The first-order chi connectivity index (χ1) is 9.16. The first-order valence-corrected chi connectivity index (χ1v) is 6.50. The highest BCUT2D eigenvalue weighted by atomic mass is 35.5. The Bertz CT molecular complexity index is 635. The van der Waals surface area contributed by atoms with Gasteiger partial charge in [0.1, 0.15) is 5.82 Å². The first kappa shape index (κ1) is 12.2. The Hall–Kier alpha value is -1.88. The molecule has 1 aromatic carbocycles. The molecule has 1 saturated carbocycles. The summed E-state index contributed by atoms with van der Waals surface area (Å²) in [6, 6.07) is 7.23. The van der Waals surface area contributed by atoms with Gasteiger partial charge in [-0.05, 0) is 25.0 Å². The van der Waals surface area contributed by atoms with Crippen LogP contribution < -0.4 is 0 Å². The predicted molar refractivity (Wildman–Crippen MR) is 69.9 cm³/mol. The third kappa shape index (κ3) is 2.10. The maximum Gasteiger partial charge on any atom is 0.375 e. The number of carbonyl (C=O) groups is 1. The highest BCUT2D eigenvalue weighted by Gasteiger charge is 2.28. The number of aromatic nitrogens is 3. The number of carboxylic acid groups (broad SMARTS) is 1. The van der Waals surface area contributed by atoms with Gasteiger partial charge < -0.3 is 5.11 Å². The zero-order valence-corrected chi connectivity index (χ0v) is 10.8. The average molecular weight is 278 g/mol. The van der Waals surface area contributed by atoms with Crippen molar-refractivity contribution in [1.29, 1.82) is 0 Å². The maximum absolute atomic E-state index is 11.0. The molecule has 1 aliphatic rings. The van der Waals surface area contributed by atoms with Crippen LogP contribution in [0.3, 0.4) is 0 Å². The zero-order valence-electron chi connectivity index (χ0n) is 10.1. The first-order valence-electron chi connectivity index (χ1n) is 6.12. The van der Waals surface area contributed by atoms with Crippen LogP contribution in [-0.2, 0) is 0 Å². The molecule has 6 heteroatoms. The van der Waals surface area contributed by atoms with Crippen molar-refractivity contribution in [2.45, 2.75) is 25.2 Å². The number of benzene rings is 1. The van der Waals surface area contributed by atoms with E-state index in [2.05, 4.69) is 10.1 Å². The Kier molecular flexibility index (Phi) is 2.98. The van der Waals surface area contributed by atoms with Gasteiger partial charge in [0.05, 0.1) is 10.7 Å². The molecule has 1 fully saturated rings. The maximum atomic E-state index is 11.0. The van der Waals surface area contributed by atoms with E-state index in [1.807, 2.05) is 18.2 Å². The molecule has 0 spiro atoms. The number of para-hydroxylation sites is 1. The van der Waals surface area contributed by atoms with Crippen LogP contribution in [0.15, 0.2) is 24.3 Å². The molecule has 1 N–H and O–H groups in total. The highest BCUT2D eigenvalue weighted by Crippen LogP contribution is 2.36. The van der Waals surface area contributed by atoms with Crippen molar-refractivity contribution < 1.29 is 9.90 Å². The molecule has 0 atom stereocenters. The van der Waals surface area contributed by atoms with Crippen molar-refractivity contribution in [2.75, 3.05) is 0 Å². The molecule has 0 aliphatic heterocycles. The van der Waals surface area contributed by atoms with Gasteiger partial charge in [-0.25, -0.2) is 14.5 Å². The zero-order chi connectivity index (χ0) is 13.4. The van der Waals surface area contributed by atoms with E-state index in [9.17, 15) is 4.79 Å². The van der Waals surface area contributed by atoms with Gasteiger partial charge in [0.25, 0.3) is 5.82 Å². The molecule has 5 nitrogen and oxygen atoms in total. The van der Waals surface area contributed by atoms with E-state index >= 15 is 0 Å². The monoisotopic (exact) mass is 277 g/mol. The van der Waals surface area contributed by atoms with Gasteiger partial charge in [0, 0.05) is 5.92 Å². The lowest BCUT2D eigenvalue weighted by molar-refractivity contribution is 0.0683. The predicted octanol–water partition coefficient (Wildman–Crippen LogP) is 2.89. The van der Waals surface area contributed by atoms with Crippen LogP contribution in [0.2, 0.25) is 5.02 Å². The minimum absolute atomic E-state index is 0.179. The Morgan fingerprint density at radius 2 is 2.11 bits per heavy atom. The number of aromatic carboxylic acids is 1. The standard InChI is InChI=1S/C13H12ClN3O2/c14-9-6-1-2-7-10(9)17-12(8-4-3-5-8)15-11(16-17)13(18)19/h1-2,6-8H,3-5H2,(H,18,19). The van der Waals surface area contributed by atoms with Crippen molar-refractivity contribution in [2.24, 2.45) is 0 Å². The van der Waals surface area contributed by atoms with E-state index in [4.69, 9.17) is 16.7 Å². The van der Waals surface area contributed by atoms with E-state index in [1.54, 1.807) is 10.7 Å². The van der Waals surface area contributed by atoms with Gasteiger partial charge in [-0.2, -0.15) is 0 Å². The minimum Gasteiger partial charge on any atom is -0.475 e. The summed E-state index contributed by atoms with van der Waals surface area (Å²) in [6.45, 7) is 0. The minimum atomic E-state index is -1.12. The molecule has 1 aliphatic carbocycles. The number of carboxylic acids is 1. The van der Waals surface area contributed by atoms with Gasteiger partial charge in [0.15, 0.2) is 0 Å². The summed E-state index contributed by atoms with van der Waals surface area (Å²) >= 11 is 6.15. The van der Waals surface area contributed by atoms with E-state index in [0.29, 0.717) is 16.5 Å². The van der Waals surface area contributed by atoms with Crippen LogP contribution >= 0.6 is 11.6 Å². The molecule has 3 rings (SSSR count). The van der Waals surface area contributed by atoms with Crippen LogP contribution in [-0.4, -0.2) is 25.8 Å². The van der Waals surface area contributed by atoms with Crippen LogP contribution in [0.25, 0.3) is 5.69 Å². The van der Waals surface area contributed by atoms with Crippen molar-refractivity contribution >= 4 is 17.6 Å².